The van der Waals surface area contributed by atoms with Gasteiger partial charge < -0.3 is 80.5 Å². The molecule has 86 heavy (non-hydrogen) atoms. The average molecular weight is 1300 g/mol. The van der Waals surface area contributed by atoms with E-state index in [1.54, 1.807) is 9.35 Å². The quantitative estimate of drug-likeness (QED) is 0.175. The predicted octanol–water partition coefficient (Wildman–Crippen LogP) is 0.476. The number of aryl methyl sites for hydroxylation is 2. The van der Waals surface area contributed by atoms with E-state index in [0.717, 1.165) is 134 Å². The van der Waals surface area contributed by atoms with E-state index in [4.69, 9.17) is 79.0 Å². The maximum Gasteiger partial charge on any atom is 2.00 e. The van der Waals surface area contributed by atoms with Crippen molar-refractivity contribution in [1.29, 1.82) is 0 Å². The number of hydrogen-bond donors (Lipinski definition) is 2. The van der Waals surface area contributed by atoms with Crippen molar-refractivity contribution in [2.75, 3.05) is 37.3 Å². The molecule has 0 unspecified atom stereocenters. The zero-order valence-corrected chi connectivity index (χ0v) is 55.4. The molecule has 0 fully saturated rings. The third kappa shape index (κ3) is 28.9. The van der Waals surface area contributed by atoms with E-state index >= 15 is 0 Å². The van der Waals surface area contributed by atoms with Crippen LogP contribution in [0.2, 0.25) is 0 Å². The monoisotopic (exact) mass is 1300 g/mol. The van der Waals surface area contributed by atoms with E-state index in [-0.39, 0.29) is 60.9 Å². The Morgan fingerprint density at radius 1 is 0.419 bits per heavy atom. The molecule has 0 atom stereocenters. The van der Waals surface area contributed by atoms with Gasteiger partial charge >= 0.3 is 39.0 Å². The van der Waals surface area contributed by atoms with Crippen molar-refractivity contribution >= 4 is 58.6 Å². The second-order valence-corrected chi connectivity index (χ2v) is 17.5. The second-order valence-electron chi connectivity index (χ2n) is 17.5. The van der Waals surface area contributed by atoms with E-state index in [9.17, 15) is 0 Å². The van der Waals surface area contributed by atoms with Crippen LogP contribution in [0, 0.1) is 0 Å². The molecule has 458 valence electrons. The summed E-state index contributed by atoms with van der Waals surface area (Å²) in [6.07, 6.45) is 5.97. The van der Waals surface area contributed by atoms with Crippen molar-refractivity contribution in [2.45, 2.75) is 107 Å². The molecule has 30 heteroatoms. The number of unbranched alkanes of at least 4 members (excludes halogenated alkanes) is 1. The first-order valence-corrected chi connectivity index (χ1v) is 25.6. The summed E-state index contributed by atoms with van der Waals surface area (Å²) in [7, 11) is 0. The Balaban J connectivity index is -0.00000280. The van der Waals surface area contributed by atoms with Gasteiger partial charge in [-0.05, 0) is 142 Å². The number of nitrogens with one attached hydrogen (secondary N) is 2. The van der Waals surface area contributed by atoms with E-state index < -0.39 is 23.9 Å². The van der Waals surface area contributed by atoms with Gasteiger partial charge in [0.25, 0.3) is 11.9 Å². The van der Waals surface area contributed by atoms with Crippen molar-refractivity contribution in [3.8, 4) is 23.0 Å². The molecule has 8 rings (SSSR count). The summed E-state index contributed by atoms with van der Waals surface area (Å²) < 4.78 is 28.4. The number of hydrogen-bond acceptors (Lipinski definition) is 22. The van der Waals surface area contributed by atoms with Gasteiger partial charge in [0.2, 0.25) is 0 Å². The molecule has 6 aromatic rings. The molecule has 2 aliphatic rings. The molecule has 28 nitrogen and oxygen atoms in total. The zero-order valence-electron chi connectivity index (χ0n) is 49.5. The van der Waals surface area contributed by atoms with E-state index in [0.29, 0.717) is 62.8 Å². The van der Waals surface area contributed by atoms with Gasteiger partial charge in [-0.3, -0.25) is 0 Å². The van der Waals surface area contributed by atoms with Gasteiger partial charge in [-0.2, -0.15) is 29.8 Å². The summed E-state index contributed by atoms with van der Waals surface area (Å²) in [6, 6.07) is 31.6. The molecule has 10 N–H and O–H groups in total. The number of aromatic nitrogens is 6. The molecule has 0 aliphatic carbocycles. The molecule has 0 spiro atoms. The average Bonchev–Trinajstić information content (AvgIpc) is 4.15. The Hall–Kier alpha value is -8.39. The summed E-state index contributed by atoms with van der Waals surface area (Å²) in [5, 5.41) is 73.3. The van der Waals surface area contributed by atoms with Crippen LogP contribution in [0.5, 0.6) is 23.0 Å². The van der Waals surface area contributed by atoms with Crippen LogP contribution in [0.4, 0.5) is 11.9 Å². The summed E-state index contributed by atoms with van der Waals surface area (Å²) in [5.41, 5.74) is 12.8. The van der Waals surface area contributed by atoms with Crippen LogP contribution < -0.4 is 50.2 Å². The summed E-state index contributed by atoms with van der Waals surface area (Å²) in [6.45, 7) is 13.9. The number of rotatable bonds is 5. The van der Waals surface area contributed by atoms with Crippen LogP contribution >= 0.6 is 0 Å². The molecule has 0 saturated carbocycles. The zero-order chi connectivity index (χ0) is 58.4. The number of carbonyl (C=O) groups is 4. The topological polar surface area (TPSA) is 458 Å². The van der Waals surface area contributed by atoms with Gasteiger partial charge in [0.1, 0.15) is 23.0 Å². The first kappa shape index (κ1) is 81.8. The van der Waals surface area contributed by atoms with E-state index in [1.165, 1.54) is 0 Å². The number of carboxylic acids is 4. The fraction of sp³-hybridized carbons (Fsp3) is 0.357. The van der Waals surface area contributed by atoms with E-state index in [2.05, 4.69) is 31.2 Å². The first-order valence-electron chi connectivity index (χ1n) is 25.6. The normalized spacial score (nSPS) is 14.8. The van der Waals surface area contributed by atoms with Crippen molar-refractivity contribution in [2.24, 2.45) is 20.4 Å². The Morgan fingerprint density at radius 2 is 0.651 bits per heavy atom. The van der Waals surface area contributed by atoms with Gasteiger partial charge in [0.05, 0.1) is 49.3 Å². The minimum Gasteiger partial charge on any atom is -0.550 e. The molecule has 4 heterocycles. The van der Waals surface area contributed by atoms with Crippen LogP contribution in [-0.2, 0) is 71.0 Å². The second kappa shape index (κ2) is 44.1. The number of fused-ring (bicyclic) bond motifs is 6. The van der Waals surface area contributed by atoms with Crippen molar-refractivity contribution in [1.82, 2.24) is 29.7 Å². The maximum absolute atomic E-state index is 8.89. The molecule has 0 bridgehead atoms. The van der Waals surface area contributed by atoms with Crippen LogP contribution in [0.3, 0.4) is 0 Å². The van der Waals surface area contributed by atoms with Gasteiger partial charge in [0.15, 0.2) is 11.6 Å². The Bertz CT molecular complexity index is 2890. The number of carbonyl (C=O) groups excluding carboxylic acids is 4. The maximum atomic E-state index is 8.89. The molecular formula is C56H74N12O16Zn2. The van der Waals surface area contributed by atoms with Gasteiger partial charge in [-0.25, -0.2) is 10.9 Å². The van der Waals surface area contributed by atoms with Crippen LogP contribution in [0.15, 0.2) is 117 Å². The smallest absolute Gasteiger partial charge is 0.550 e. The molecule has 0 amide bonds. The number of carboxylic acid groups (broad SMARTS) is 4. The van der Waals surface area contributed by atoms with Crippen LogP contribution in [0.1, 0.15) is 128 Å². The number of para-hydroxylation sites is 4. The molecule has 2 aliphatic heterocycles. The van der Waals surface area contributed by atoms with E-state index in [1.807, 2.05) is 125 Å². The summed E-state index contributed by atoms with van der Waals surface area (Å²) >= 11 is 0. The molecule has 0 radical (unpaired) electrons. The van der Waals surface area contributed by atoms with Gasteiger partial charge in [0, 0.05) is 59.0 Å². The third-order valence-corrected chi connectivity index (χ3v) is 10.8. The fourth-order valence-corrected chi connectivity index (χ4v) is 7.35. The molecule has 0 saturated heterocycles. The van der Waals surface area contributed by atoms with Crippen LogP contribution in [-0.4, -0.2) is 125 Å². The number of hydrazone groups is 2. The third-order valence-electron chi connectivity index (χ3n) is 10.8. The SMILES string of the molecule is C/C1=N\Nc2nnc(CCCCc3nnc4n3/N=C(\C)c3ccccc3OCCCCOc3ccccc3/C(C)=N/N4)n2/N=C(\C)c2ccccc2OCCCCOc2ccccc21.CC(=O)[O-].CC(=O)[O-].CC(=O)[O-].CC(=O)[O-].O.O.O.O.[Zn+2].[Zn+2]. The van der Waals surface area contributed by atoms with Crippen molar-refractivity contribution in [3.05, 3.63) is 131 Å². The minimum atomic E-state index is -1.08. The van der Waals surface area contributed by atoms with Crippen LogP contribution in [0.25, 0.3) is 0 Å². The van der Waals surface area contributed by atoms with Crippen molar-refractivity contribution in [3.63, 3.8) is 0 Å². The molecular weight excluding hydrogens is 1230 g/mol. The van der Waals surface area contributed by atoms with Gasteiger partial charge in [-0.15, -0.1) is 20.4 Å². The first-order chi connectivity index (χ1) is 38.4. The Labute approximate surface area is 523 Å². The molecule has 2 aromatic heterocycles. The predicted molar refractivity (Wildman–Crippen MR) is 307 cm³/mol. The summed E-state index contributed by atoms with van der Waals surface area (Å²) in [4.78, 5) is 35.6. The Kier molecular flexibility index (Phi) is 42.0. The number of benzene rings is 4. The standard InChI is InChI=1S/C48H54N12O4.4C2H4O2.4H2O.2Zn/c1-33-37-19-5-9-23-41(37)61-29-15-17-31-63-43-25-11-7-21-39(43)35(3)57-59-45(51-55-47(59)53-49-33)27-13-14-28-46-52-56-48-54-50-34(2)38-20-6-10-24-42(38)62-30-16-18-32-64-44-26-12-8-22-40(44)36(4)58-60(46)48;4*1-2(3)4;;;;;;/h5-12,19-26H,13-18,27-32H2,1-4H3,(H,53,55)(H,54,56);4*1H3,(H,3,4);4*1H2;;/q;;;;;;;;;2*+2/p-4/b49-33+,50-34+,57-35+,58-36+;;;;;;;;;;. The minimum absolute atomic E-state index is 0. The number of aliphatic carboxylic acids is 4. The summed E-state index contributed by atoms with van der Waals surface area (Å²) in [5.74, 6) is 0.809. The number of ether oxygens (including phenoxy) is 4. The number of nitrogens with zero attached hydrogens (tertiary/aromatic N) is 10. The largest absolute Gasteiger partial charge is 2.00 e. The molecule has 4 aromatic carbocycles. The van der Waals surface area contributed by atoms with Gasteiger partial charge in [-0.1, -0.05) is 48.5 Å². The number of anilines is 2. The van der Waals surface area contributed by atoms with Crippen molar-refractivity contribution < 1.29 is 119 Å². The fourth-order valence-electron chi connectivity index (χ4n) is 7.35. The Morgan fingerprint density at radius 3 is 0.907 bits per heavy atom.